The lowest BCUT2D eigenvalue weighted by molar-refractivity contribution is -0.115. The molecule has 0 spiro atoms. The molecule has 2 aromatic rings. The van der Waals surface area contributed by atoms with Crippen LogP contribution in [0, 0.1) is 0 Å². The van der Waals surface area contributed by atoms with Gasteiger partial charge in [0.05, 0.1) is 10.6 Å². The van der Waals surface area contributed by atoms with E-state index in [1.807, 2.05) is 6.07 Å². The molecule has 0 atom stereocenters. The van der Waals surface area contributed by atoms with Crippen molar-refractivity contribution in [3.8, 4) is 5.75 Å². The van der Waals surface area contributed by atoms with E-state index in [1.165, 1.54) is 11.8 Å². The van der Waals surface area contributed by atoms with E-state index in [9.17, 15) is 9.90 Å². The first-order valence-electron chi connectivity index (χ1n) is 6.44. The van der Waals surface area contributed by atoms with Crippen molar-refractivity contribution in [2.75, 3.05) is 0 Å². The molecule has 6 heteroatoms. The maximum absolute atomic E-state index is 12.0. The largest absolute Gasteiger partial charge is 0.508 e. The number of hydrogen-bond acceptors (Lipinski definition) is 4. The monoisotopic (exact) mass is 330 g/mol. The minimum absolute atomic E-state index is 0.189. The van der Waals surface area contributed by atoms with Crippen LogP contribution in [0.3, 0.4) is 0 Å². The van der Waals surface area contributed by atoms with Crippen molar-refractivity contribution in [2.45, 2.75) is 0 Å². The van der Waals surface area contributed by atoms with Gasteiger partial charge in [0.1, 0.15) is 5.75 Å². The molecule has 22 heavy (non-hydrogen) atoms. The van der Waals surface area contributed by atoms with Crippen LogP contribution in [0.2, 0.25) is 5.02 Å². The zero-order valence-corrected chi connectivity index (χ0v) is 12.9. The third-order valence-corrected chi connectivity index (χ3v) is 4.03. The molecule has 0 unspecified atom stereocenters. The molecule has 3 rings (SSSR count). The van der Waals surface area contributed by atoms with Gasteiger partial charge in [-0.25, -0.2) is 4.99 Å². The quantitative estimate of drug-likeness (QED) is 0.820. The van der Waals surface area contributed by atoms with E-state index in [4.69, 9.17) is 11.6 Å². The van der Waals surface area contributed by atoms with Gasteiger partial charge in [-0.05, 0) is 53.7 Å². The summed E-state index contributed by atoms with van der Waals surface area (Å²) in [6.45, 7) is 0. The molecule has 110 valence electrons. The lowest BCUT2D eigenvalue weighted by Crippen LogP contribution is -2.19. The van der Waals surface area contributed by atoms with E-state index in [0.717, 1.165) is 5.56 Å². The molecule has 2 N–H and O–H groups in total. The molecule has 1 saturated heterocycles. The standard InChI is InChI=1S/C16H11ClN2O2S/c17-11-2-1-3-12(9-11)18-16-19-15(21)14(22-16)8-10-4-6-13(20)7-5-10/h1-9,20H,(H,18,19,21)/b14-8+. The molecule has 0 saturated carbocycles. The first kappa shape index (κ1) is 14.7. The van der Waals surface area contributed by atoms with E-state index in [0.29, 0.717) is 20.8 Å². The van der Waals surface area contributed by atoms with Gasteiger partial charge in [-0.15, -0.1) is 0 Å². The smallest absolute Gasteiger partial charge is 0.264 e. The van der Waals surface area contributed by atoms with Gasteiger partial charge in [-0.2, -0.15) is 0 Å². The number of amidine groups is 1. The summed E-state index contributed by atoms with van der Waals surface area (Å²) in [5, 5.41) is 13.1. The molecule has 0 aliphatic carbocycles. The Balaban J connectivity index is 1.82. The number of halogens is 1. The fourth-order valence-corrected chi connectivity index (χ4v) is 2.89. The lowest BCUT2D eigenvalue weighted by atomic mass is 10.2. The molecular formula is C16H11ClN2O2S. The highest BCUT2D eigenvalue weighted by molar-refractivity contribution is 8.18. The van der Waals surface area contributed by atoms with Gasteiger partial charge >= 0.3 is 0 Å². The Morgan fingerprint density at radius 1 is 1.18 bits per heavy atom. The Kier molecular flexibility index (Phi) is 4.18. The molecule has 0 bridgehead atoms. The number of nitrogens with zero attached hydrogens (tertiary/aromatic N) is 1. The second-order valence-corrected chi connectivity index (χ2v) is 6.02. The van der Waals surface area contributed by atoms with Crippen molar-refractivity contribution in [2.24, 2.45) is 4.99 Å². The van der Waals surface area contributed by atoms with Crippen molar-refractivity contribution in [1.82, 2.24) is 5.32 Å². The maximum Gasteiger partial charge on any atom is 0.264 e. The molecule has 1 heterocycles. The predicted octanol–water partition coefficient (Wildman–Crippen LogP) is 3.94. The van der Waals surface area contributed by atoms with E-state index >= 15 is 0 Å². The Labute approximate surface area is 136 Å². The summed E-state index contributed by atoms with van der Waals surface area (Å²) in [5.41, 5.74) is 1.51. The highest BCUT2D eigenvalue weighted by Gasteiger charge is 2.23. The number of amides is 1. The van der Waals surface area contributed by atoms with Crippen LogP contribution in [0.15, 0.2) is 58.4 Å². The topological polar surface area (TPSA) is 61.7 Å². The maximum atomic E-state index is 12.0. The average Bonchev–Trinajstić information content (AvgIpc) is 2.81. The number of nitrogens with one attached hydrogen (secondary N) is 1. The minimum Gasteiger partial charge on any atom is -0.508 e. The number of phenols is 1. The van der Waals surface area contributed by atoms with Crippen LogP contribution in [0.1, 0.15) is 5.56 Å². The van der Waals surface area contributed by atoms with Gasteiger partial charge in [-0.3, -0.25) is 4.79 Å². The highest BCUT2D eigenvalue weighted by Crippen LogP contribution is 2.29. The number of carbonyl (C=O) groups is 1. The predicted molar refractivity (Wildman–Crippen MR) is 90.4 cm³/mol. The van der Waals surface area contributed by atoms with E-state index in [-0.39, 0.29) is 11.7 Å². The zero-order chi connectivity index (χ0) is 15.5. The second-order valence-electron chi connectivity index (χ2n) is 4.55. The molecule has 1 aliphatic heterocycles. The normalized spacial score (nSPS) is 18.0. The van der Waals surface area contributed by atoms with Crippen molar-refractivity contribution < 1.29 is 9.90 Å². The Bertz CT molecular complexity index is 785. The fraction of sp³-hybridized carbons (Fsp3) is 0. The van der Waals surface area contributed by atoms with Crippen molar-refractivity contribution in [1.29, 1.82) is 0 Å². The molecule has 2 aromatic carbocycles. The number of aliphatic imine (C=N–C) groups is 1. The van der Waals surface area contributed by atoms with Crippen molar-refractivity contribution in [3.05, 3.63) is 64.0 Å². The van der Waals surface area contributed by atoms with E-state index in [2.05, 4.69) is 10.3 Å². The average molecular weight is 331 g/mol. The molecule has 0 aromatic heterocycles. The van der Waals surface area contributed by atoms with Gasteiger partial charge in [0.15, 0.2) is 5.17 Å². The van der Waals surface area contributed by atoms with Crippen molar-refractivity contribution >= 4 is 46.2 Å². The lowest BCUT2D eigenvalue weighted by Gasteiger charge is -1.96. The summed E-state index contributed by atoms with van der Waals surface area (Å²) in [7, 11) is 0. The molecule has 1 amide bonds. The van der Waals surface area contributed by atoms with Gasteiger partial charge in [0.25, 0.3) is 5.91 Å². The van der Waals surface area contributed by atoms with Crippen LogP contribution in [0.5, 0.6) is 5.75 Å². The van der Waals surface area contributed by atoms with Crippen LogP contribution in [-0.4, -0.2) is 16.2 Å². The van der Waals surface area contributed by atoms with Crippen LogP contribution < -0.4 is 5.32 Å². The van der Waals surface area contributed by atoms with Gasteiger partial charge < -0.3 is 10.4 Å². The highest BCUT2D eigenvalue weighted by atomic mass is 35.5. The molecule has 1 fully saturated rings. The molecule has 4 nitrogen and oxygen atoms in total. The third kappa shape index (κ3) is 3.50. The Morgan fingerprint density at radius 3 is 2.68 bits per heavy atom. The summed E-state index contributed by atoms with van der Waals surface area (Å²) in [5.74, 6) is -0.00672. The van der Waals surface area contributed by atoms with Gasteiger partial charge in [-0.1, -0.05) is 29.8 Å². The summed E-state index contributed by atoms with van der Waals surface area (Å²) in [4.78, 5) is 16.9. The number of hydrogen-bond donors (Lipinski definition) is 2. The van der Waals surface area contributed by atoms with Crippen molar-refractivity contribution in [3.63, 3.8) is 0 Å². The zero-order valence-electron chi connectivity index (χ0n) is 11.3. The van der Waals surface area contributed by atoms with Crippen LogP contribution in [0.4, 0.5) is 5.69 Å². The first-order chi connectivity index (χ1) is 10.6. The molecule has 1 aliphatic rings. The SMILES string of the molecule is O=C1NC(=Nc2cccc(Cl)c2)S/C1=C/c1ccc(O)cc1. The van der Waals surface area contributed by atoms with E-state index in [1.54, 1.807) is 48.5 Å². The van der Waals surface area contributed by atoms with Gasteiger partial charge in [0.2, 0.25) is 0 Å². The molecular weight excluding hydrogens is 320 g/mol. The number of carbonyl (C=O) groups excluding carboxylic acids is 1. The Morgan fingerprint density at radius 2 is 1.95 bits per heavy atom. The third-order valence-electron chi connectivity index (χ3n) is 2.88. The number of benzene rings is 2. The number of thioether (sulfide) groups is 1. The summed E-state index contributed by atoms with van der Waals surface area (Å²) in [6.07, 6.45) is 1.75. The summed E-state index contributed by atoms with van der Waals surface area (Å²) in [6, 6.07) is 13.7. The minimum atomic E-state index is -0.196. The number of rotatable bonds is 2. The summed E-state index contributed by atoms with van der Waals surface area (Å²) >= 11 is 7.18. The number of aromatic hydroxyl groups is 1. The first-order valence-corrected chi connectivity index (χ1v) is 7.64. The van der Waals surface area contributed by atoms with Crippen LogP contribution in [0.25, 0.3) is 6.08 Å². The second kappa shape index (κ2) is 6.25. The van der Waals surface area contributed by atoms with Crippen LogP contribution >= 0.6 is 23.4 Å². The fourth-order valence-electron chi connectivity index (χ4n) is 1.87. The van der Waals surface area contributed by atoms with Crippen LogP contribution in [-0.2, 0) is 4.79 Å². The molecule has 0 radical (unpaired) electrons. The van der Waals surface area contributed by atoms with E-state index < -0.39 is 0 Å². The van der Waals surface area contributed by atoms with Gasteiger partial charge in [0, 0.05) is 5.02 Å². The Hall–Kier alpha value is -2.24. The number of phenolic OH excluding ortho intramolecular Hbond substituents is 1. The summed E-state index contributed by atoms with van der Waals surface area (Å²) < 4.78 is 0.